The third-order valence-electron chi connectivity index (χ3n) is 11.3. The summed E-state index contributed by atoms with van der Waals surface area (Å²) in [7, 11) is 0. The number of carbonyl (C=O) groups excluding carboxylic acids is 2. The van der Waals surface area contributed by atoms with Crippen molar-refractivity contribution in [3.05, 3.63) is 34.9 Å². The van der Waals surface area contributed by atoms with Crippen LogP contribution < -0.4 is 0 Å². The van der Waals surface area contributed by atoms with Crippen LogP contribution in [0.15, 0.2) is 34.9 Å². The van der Waals surface area contributed by atoms with Gasteiger partial charge in [-0.05, 0) is 62.5 Å². The molecule has 18 unspecified atom stereocenters. The Kier molecular flexibility index (Phi) is 24.3. The van der Waals surface area contributed by atoms with Gasteiger partial charge in [0, 0.05) is 30.3 Å². The minimum absolute atomic E-state index is 0.0857. The van der Waals surface area contributed by atoms with Crippen LogP contribution in [0.4, 0.5) is 0 Å². The van der Waals surface area contributed by atoms with Crippen LogP contribution >= 0.6 is 0 Å². The first-order chi connectivity index (χ1) is 27.4. The van der Waals surface area contributed by atoms with E-state index in [0.717, 1.165) is 19.3 Å². The summed E-state index contributed by atoms with van der Waals surface area (Å²) in [5.74, 6) is -2.10. The second-order valence-corrected chi connectivity index (χ2v) is 17.0. The van der Waals surface area contributed by atoms with Gasteiger partial charge in [0.05, 0.1) is 24.9 Å². The van der Waals surface area contributed by atoms with Crippen molar-refractivity contribution in [2.45, 2.75) is 169 Å². The lowest BCUT2D eigenvalue weighted by Gasteiger charge is -2.43. The summed E-state index contributed by atoms with van der Waals surface area (Å²) in [5.41, 5.74) is 1.23. The van der Waals surface area contributed by atoms with E-state index < -0.39 is 110 Å². The van der Waals surface area contributed by atoms with E-state index in [0.29, 0.717) is 23.0 Å². The van der Waals surface area contributed by atoms with Gasteiger partial charge in [-0.3, -0.25) is 4.79 Å². The molecule has 16 nitrogen and oxygen atoms in total. The smallest absolute Gasteiger partial charge is 0.333 e. The lowest BCUT2D eigenvalue weighted by molar-refractivity contribution is -0.317. The third-order valence-corrected chi connectivity index (χ3v) is 11.3. The molecule has 1 rings (SSSR count). The molecular formula is C43H76O16. The molecule has 0 spiro atoms. The predicted octanol–water partition coefficient (Wildman–Crippen LogP) is 1.29. The molecule has 344 valence electrons. The molecule has 1 saturated heterocycles. The predicted molar refractivity (Wildman–Crippen MR) is 218 cm³/mol. The van der Waals surface area contributed by atoms with Crippen LogP contribution in [0, 0.1) is 35.5 Å². The van der Waals surface area contributed by atoms with Gasteiger partial charge in [-0.15, -0.1) is 0 Å². The Bertz CT molecular complexity index is 1350. The first-order valence-corrected chi connectivity index (χ1v) is 20.8. The summed E-state index contributed by atoms with van der Waals surface area (Å²) >= 11 is 0. The zero-order chi connectivity index (χ0) is 45.5. The van der Waals surface area contributed by atoms with Crippen LogP contribution in [0.2, 0.25) is 0 Å². The average molecular weight is 849 g/mol. The molecule has 0 aromatic carbocycles. The zero-order valence-corrected chi connectivity index (χ0v) is 36.8. The maximum Gasteiger partial charge on any atom is 0.333 e. The van der Waals surface area contributed by atoms with E-state index in [1.54, 1.807) is 33.8 Å². The molecule has 0 bridgehead atoms. The van der Waals surface area contributed by atoms with Gasteiger partial charge in [0.15, 0.2) is 6.29 Å². The van der Waals surface area contributed by atoms with Crippen LogP contribution in [0.5, 0.6) is 0 Å². The van der Waals surface area contributed by atoms with E-state index in [4.69, 9.17) is 24.1 Å². The molecule has 1 aliphatic rings. The van der Waals surface area contributed by atoms with Crippen molar-refractivity contribution in [3.8, 4) is 0 Å². The van der Waals surface area contributed by atoms with Crippen LogP contribution in [0.3, 0.4) is 0 Å². The van der Waals surface area contributed by atoms with Gasteiger partial charge in [0.25, 0.3) is 0 Å². The summed E-state index contributed by atoms with van der Waals surface area (Å²) in [6.45, 7) is 18.1. The lowest BCUT2D eigenvalue weighted by atomic mass is 9.82. The highest BCUT2D eigenvalue weighted by Gasteiger charge is 2.46. The number of hydrogen-bond donors (Lipinski definition) is 10. The number of aliphatic hydroxyl groups excluding tert-OH is 10. The van der Waals surface area contributed by atoms with Gasteiger partial charge in [0.1, 0.15) is 62.0 Å². The number of esters is 2. The summed E-state index contributed by atoms with van der Waals surface area (Å²) in [6, 6.07) is 0. The molecule has 1 heterocycles. The minimum atomic E-state index is -1.89. The largest absolute Gasteiger partial charge is 0.463 e. The standard InChI is InChI=1S/C43H76O16/c1-12-21(2)13-22(3)14-27(8)41(59-43-40(54)39(53)38(52)33(58-43)20-56-30(11)45)28(9)16-25(6)34(48)23(4)15-24(5)35(49)26(7)17-29(10)42(55)57-19-32(47)37(51)36(50)31(46)18-44/h15-17,21-23,26-28,31-41,43-44,46-54H,12-14,18-20H2,1-11H3. The molecule has 0 saturated carbocycles. The fraction of sp³-hybridized carbons (Fsp3) is 0.814. The van der Waals surface area contributed by atoms with E-state index in [1.807, 2.05) is 19.9 Å². The van der Waals surface area contributed by atoms with Gasteiger partial charge in [-0.1, -0.05) is 73.1 Å². The normalized spacial score (nSPS) is 27.5. The van der Waals surface area contributed by atoms with Gasteiger partial charge in [-0.25, -0.2) is 4.79 Å². The molecular weight excluding hydrogens is 772 g/mol. The van der Waals surface area contributed by atoms with Crippen LogP contribution in [-0.2, 0) is 28.5 Å². The molecule has 0 amide bonds. The van der Waals surface area contributed by atoms with Gasteiger partial charge >= 0.3 is 11.9 Å². The monoisotopic (exact) mass is 849 g/mol. The van der Waals surface area contributed by atoms with E-state index in [2.05, 4.69) is 20.8 Å². The number of aliphatic hydroxyl groups is 10. The van der Waals surface area contributed by atoms with Gasteiger partial charge in [0.2, 0.25) is 0 Å². The number of rotatable bonds is 25. The summed E-state index contributed by atoms with van der Waals surface area (Å²) in [4.78, 5) is 24.0. The zero-order valence-electron chi connectivity index (χ0n) is 36.8. The fourth-order valence-electron chi connectivity index (χ4n) is 7.55. The number of ether oxygens (including phenoxy) is 4. The van der Waals surface area contributed by atoms with Gasteiger partial charge < -0.3 is 70.0 Å². The molecule has 1 aliphatic heterocycles. The topological polar surface area (TPSA) is 273 Å². The quantitative estimate of drug-likeness (QED) is 0.0352. The van der Waals surface area contributed by atoms with Crippen molar-refractivity contribution in [1.29, 1.82) is 0 Å². The number of carbonyl (C=O) groups is 2. The highest BCUT2D eigenvalue weighted by Crippen LogP contribution is 2.33. The first kappa shape index (κ1) is 54.7. The summed E-state index contributed by atoms with van der Waals surface area (Å²) in [5, 5.41) is 103. The molecule has 59 heavy (non-hydrogen) atoms. The Hall–Kier alpha value is -2.32. The van der Waals surface area contributed by atoms with Crippen molar-refractivity contribution in [3.63, 3.8) is 0 Å². The van der Waals surface area contributed by atoms with Crippen molar-refractivity contribution >= 4 is 11.9 Å². The Labute approximate surface area is 350 Å². The maximum absolute atomic E-state index is 12.6. The number of hydrogen-bond acceptors (Lipinski definition) is 16. The van der Waals surface area contributed by atoms with Gasteiger partial charge in [-0.2, -0.15) is 0 Å². The maximum atomic E-state index is 12.6. The fourth-order valence-corrected chi connectivity index (χ4v) is 7.55. The van der Waals surface area contributed by atoms with Crippen LogP contribution in [0.25, 0.3) is 0 Å². The highest BCUT2D eigenvalue weighted by atomic mass is 16.7. The third kappa shape index (κ3) is 17.5. The molecule has 18 atom stereocenters. The van der Waals surface area contributed by atoms with Crippen LogP contribution in [-0.4, -0.2) is 156 Å². The Morgan fingerprint density at radius 3 is 1.73 bits per heavy atom. The lowest BCUT2D eigenvalue weighted by Crippen LogP contribution is -2.60. The molecule has 10 N–H and O–H groups in total. The van der Waals surface area contributed by atoms with E-state index in [1.165, 1.54) is 19.9 Å². The van der Waals surface area contributed by atoms with Crippen molar-refractivity contribution in [1.82, 2.24) is 0 Å². The highest BCUT2D eigenvalue weighted by molar-refractivity contribution is 5.87. The van der Waals surface area contributed by atoms with Crippen LogP contribution in [0.1, 0.15) is 95.4 Å². The van der Waals surface area contributed by atoms with Crippen molar-refractivity contribution in [2.24, 2.45) is 35.5 Å². The van der Waals surface area contributed by atoms with E-state index >= 15 is 0 Å². The second-order valence-electron chi connectivity index (χ2n) is 17.0. The molecule has 0 aliphatic carbocycles. The molecule has 0 aromatic heterocycles. The van der Waals surface area contributed by atoms with Crippen molar-refractivity contribution in [2.75, 3.05) is 19.8 Å². The van der Waals surface area contributed by atoms with E-state index in [9.17, 15) is 55.5 Å². The van der Waals surface area contributed by atoms with Crippen molar-refractivity contribution < 1.29 is 79.6 Å². The Morgan fingerprint density at radius 2 is 1.20 bits per heavy atom. The molecule has 0 aromatic rings. The molecule has 16 heteroatoms. The van der Waals surface area contributed by atoms with E-state index in [-0.39, 0.29) is 24.0 Å². The average Bonchev–Trinajstić information content (AvgIpc) is 3.18. The second kappa shape index (κ2) is 26.2. The Balaban J connectivity index is 3.18. The summed E-state index contributed by atoms with van der Waals surface area (Å²) in [6.07, 6.45) is -9.18. The first-order valence-electron chi connectivity index (χ1n) is 20.8. The SMILES string of the molecule is CCC(C)CC(C)CC(C)C(OC1OC(COC(C)=O)C(O)C(O)C1O)C(C)C=C(C)C(O)C(C)C=C(C)C(O)C(C)C=C(C)C(=O)OCC(O)C(O)C(O)C(O)CO. The Morgan fingerprint density at radius 1 is 0.678 bits per heavy atom. The molecule has 0 radical (unpaired) electrons. The molecule has 1 fully saturated rings. The summed E-state index contributed by atoms with van der Waals surface area (Å²) < 4.78 is 22.4. The minimum Gasteiger partial charge on any atom is -0.463 e.